The van der Waals surface area contributed by atoms with E-state index < -0.39 is 22.1 Å². The fourth-order valence-corrected chi connectivity index (χ4v) is 1.62. The molecule has 1 N–H and O–H groups in total. The normalized spacial score (nSPS) is 10.2. The second-order valence-electron chi connectivity index (χ2n) is 3.89. The Kier molecular flexibility index (Phi) is 3.94. The van der Waals surface area contributed by atoms with Crippen molar-refractivity contribution in [2.45, 2.75) is 6.54 Å². The first-order valence-corrected chi connectivity index (χ1v) is 5.68. The lowest BCUT2D eigenvalue weighted by Gasteiger charge is -2.07. The van der Waals surface area contributed by atoms with Crippen LogP contribution in [0.5, 0.6) is 5.75 Å². The van der Waals surface area contributed by atoms with Crippen molar-refractivity contribution in [1.82, 2.24) is 9.55 Å². The van der Waals surface area contributed by atoms with Crippen LogP contribution in [0.15, 0.2) is 36.9 Å². The molecule has 0 fully saturated rings. The molecule has 8 heteroatoms. The number of hydrogen-bond donors (Lipinski definition) is 1. The van der Waals surface area contributed by atoms with E-state index in [0.717, 1.165) is 12.1 Å². The van der Waals surface area contributed by atoms with Crippen molar-refractivity contribution >= 4 is 11.7 Å². The topological polar surface area (TPSA) is 107 Å². The molecule has 8 nitrogen and oxygen atoms in total. The van der Waals surface area contributed by atoms with Crippen LogP contribution in [-0.4, -0.2) is 32.2 Å². The molecule has 2 aromatic rings. The van der Waals surface area contributed by atoms with E-state index in [1.54, 1.807) is 23.3 Å². The molecule has 1 heterocycles. The molecule has 0 spiro atoms. The van der Waals surface area contributed by atoms with Gasteiger partial charge in [0.1, 0.15) is 17.9 Å². The molecule has 0 saturated heterocycles. The lowest BCUT2D eigenvalue weighted by Crippen LogP contribution is -2.08. The minimum atomic E-state index is -1.36. The Morgan fingerprint density at radius 1 is 1.50 bits per heavy atom. The smallest absolute Gasteiger partial charge is 0.342 e. The van der Waals surface area contributed by atoms with Crippen LogP contribution in [0.25, 0.3) is 0 Å². The Balaban J connectivity index is 2.07. The van der Waals surface area contributed by atoms with Crippen LogP contribution < -0.4 is 4.74 Å². The first-order chi connectivity index (χ1) is 9.58. The number of carboxylic acid groups (broad SMARTS) is 1. The minimum Gasteiger partial charge on any atom is -0.492 e. The summed E-state index contributed by atoms with van der Waals surface area (Å²) in [7, 11) is 0. The summed E-state index contributed by atoms with van der Waals surface area (Å²) in [6, 6.07) is 3.64. The van der Waals surface area contributed by atoms with Crippen LogP contribution in [-0.2, 0) is 6.54 Å². The molecule has 1 aromatic carbocycles. The number of carbonyl (C=O) groups is 1. The second-order valence-corrected chi connectivity index (χ2v) is 3.89. The van der Waals surface area contributed by atoms with Gasteiger partial charge in [-0.3, -0.25) is 10.1 Å². The maximum absolute atomic E-state index is 11.0. The highest BCUT2D eigenvalue weighted by Gasteiger charge is 2.20. The van der Waals surface area contributed by atoms with E-state index in [1.165, 1.54) is 6.07 Å². The van der Waals surface area contributed by atoms with Gasteiger partial charge < -0.3 is 14.4 Å². The molecule has 1 aromatic heterocycles. The Morgan fingerprint density at radius 2 is 2.30 bits per heavy atom. The Labute approximate surface area is 113 Å². The summed E-state index contributed by atoms with van der Waals surface area (Å²) >= 11 is 0. The first-order valence-electron chi connectivity index (χ1n) is 5.68. The quantitative estimate of drug-likeness (QED) is 0.634. The zero-order chi connectivity index (χ0) is 14.5. The van der Waals surface area contributed by atoms with Crippen molar-refractivity contribution in [2.24, 2.45) is 0 Å². The van der Waals surface area contributed by atoms with E-state index in [2.05, 4.69) is 4.98 Å². The van der Waals surface area contributed by atoms with Crippen LogP contribution in [0.2, 0.25) is 0 Å². The summed E-state index contributed by atoms with van der Waals surface area (Å²) in [5.74, 6) is -1.09. The molecule has 2 rings (SSSR count). The number of nitrogens with zero attached hydrogens (tertiary/aromatic N) is 3. The Morgan fingerprint density at radius 3 is 2.90 bits per heavy atom. The van der Waals surface area contributed by atoms with Crippen molar-refractivity contribution in [1.29, 1.82) is 0 Å². The monoisotopic (exact) mass is 277 g/mol. The molecule has 20 heavy (non-hydrogen) atoms. The number of carboxylic acids is 1. The third-order valence-electron chi connectivity index (χ3n) is 2.57. The van der Waals surface area contributed by atoms with Crippen molar-refractivity contribution in [3.63, 3.8) is 0 Å². The van der Waals surface area contributed by atoms with Gasteiger partial charge in [-0.05, 0) is 6.07 Å². The van der Waals surface area contributed by atoms with Gasteiger partial charge in [-0.1, -0.05) is 0 Å². The third-order valence-corrected chi connectivity index (χ3v) is 2.57. The fourth-order valence-electron chi connectivity index (χ4n) is 1.62. The third kappa shape index (κ3) is 3.10. The van der Waals surface area contributed by atoms with Gasteiger partial charge in [-0.2, -0.15) is 0 Å². The van der Waals surface area contributed by atoms with E-state index in [1.807, 2.05) is 0 Å². The average molecular weight is 277 g/mol. The highest BCUT2D eigenvalue weighted by atomic mass is 16.6. The van der Waals surface area contributed by atoms with Crippen LogP contribution in [0, 0.1) is 10.1 Å². The fraction of sp³-hybridized carbons (Fsp3) is 0.167. The molecule has 0 saturated carbocycles. The van der Waals surface area contributed by atoms with Crippen LogP contribution >= 0.6 is 0 Å². The molecule has 0 aliphatic heterocycles. The number of benzene rings is 1. The summed E-state index contributed by atoms with van der Waals surface area (Å²) < 4.78 is 7.17. The standard InChI is InChI=1S/C12H11N3O5/c16-12(17)10-7-9(1-2-11(10)15(18)19)20-6-5-14-4-3-13-8-14/h1-4,7-8H,5-6H2,(H,16,17). The number of nitro groups is 1. The van der Waals surface area contributed by atoms with Gasteiger partial charge in [0.25, 0.3) is 5.69 Å². The summed E-state index contributed by atoms with van der Waals surface area (Å²) in [6.07, 6.45) is 5.03. The Bertz CT molecular complexity index is 624. The molecule has 0 radical (unpaired) electrons. The molecule has 0 unspecified atom stereocenters. The molecule has 0 aliphatic rings. The number of aromatic nitrogens is 2. The maximum Gasteiger partial charge on any atom is 0.342 e. The molecule has 0 amide bonds. The predicted octanol–water partition coefficient (Wildman–Crippen LogP) is 1.57. The highest BCUT2D eigenvalue weighted by molar-refractivity contribution is 5.92. The van der Waals surface area contributed by atoms with Crippen molar-refractivity contribution in [2.75, 3.05) is 6.61 Å². The maximum atomic E-state index is 11.0. The number of imidazole rings is 1. The van der Waals surface area contributed by atoms with Gasteiger partial charge >= 0.3 is 5.97 Å². The summed E-state index contributed by atoms with van der Waals surface area (Å²) in [5.41, 5.74) is -0.852. The zero-order valence-corrected chi connectivity index (χ0v) is 10.3. The van der Waals surface area contributed by atoms with Gasteiger partial charge in [0.15, 0.2) is 0 Å². The number of nitro benzene ring substituents is 1. The molecular weight excluding hydrogens is 266 g/mol. The minimum absolute atomic E-state index is 0.271. The van der Waals surface area contributed by atoms with E-state index in [-0.39, 0.29) is 5.75 Å². The zero-order valence-electron chi connectivity index (χ0n) is 10.3. The number of rotatable bonds is 6. The predicted molar refractivity (Wildman–Crippen MR) is 67.8 cm³/mol. The number of ether oxygens (including phenoxy) is 1. The lowest BCUT2D eigenvalue weighted by molar-refractivity contribution is -0.385. The van der Waals surface area contributed by atoms with Crippen LogP contribution in [0.1, 0.15) is 10.4 Å². The van der Waals surface area contributed by atoms with Crippen molar-refractivity contribution in [3.05, 3.63) is 52.6 Å². The van der Waals surface area contributed by atoms with Crippen LogP contribution in [0.4, 0.5) is 5.69 Å². The SMILES string of the molecule is O=C(O)c1cc(OCCn2ccnc2)ccc1[N+](=O)[O-]. The second kappa shape index (κ2) is 5.83. The largest absolute Gasteiger partial charge is 0.492 e. The van der Waals surface area contributed by atoms with Gasteiger partial charge in [-0.25, -0.2) is 9.78 Å². The summed E-state index contributed by atoms with van der Waals surface area (Å²) in [5, 5.41) is 19.6. The molecular formula is C12H11N3O5. The molecule has 0 atom stereocenters. The van der Waals surface area contributed by atoms with Gasteiger partial charge in [-0.15, -0.1) is 0 Å². The van der Waals surface area contributed by atoms with E-state index in [0.29, 0.717) is 13.2 Å². The summed E-state index contributed by atoms with van der Waals surface area (Å²) in [6.45, 7) is 0.840. The average Bonchev–Trinajstić information content (AvgIpc) is 2.91. The van der Waals surface area contributed by atoms with Crippen molar-refractivity contribution < 1.29 is 19.6 Å². The van der Waals surface area contributed by atoms with Gasteiger partial charge in [0.2, 0.25) is 0 Å². The number of hydrogen-bond acceptors (Lipinski definition) is 5. The van der Waals surface area contributed by atoms with Gasteiger partial charge in [0, 0.05) is 24.5 Å². The Hall–Kier alpha value is -2.90. The molecule has 0 aliphatic carbocycles. The number of aromatic carboxylic acids is 1. The molecule has 104 valence electrons. The van der Waals surface area contributed by atoms with Gasteiger partial charge in [0.05, 0.1) is 17.8 Å². The summed E-state index contributed by atoms with van der Waals surface area (Å²) in [4.78, 5) is 24.8. The van der Waals surface area contributed by atoms with E-state index in [9.17, 15) is 14.9 Å². The lowest BCUT2D eigenvalue weighted by atomic mass is 10.1. The van der Waals surface area contributed by atoms with E-state index in [4.69, 9.17) is 9.84 Å². The highest BCUT2D eigenvalue weighted by Crippen LogP contribution is 2.24. The first kappa shape index (κ1) is 13.5. The van der Waals surface area contributed by atoms with E-state index >= 15 is 0 Å². The molecule has 0 bridgehead atoms. The van der Waals surface area contributed by atoms with Crippen molar-refractivity contribution in [3.8, 4) is 5.75 Å². The van der Waals surface area contributed by atoms with Crippen LogP contribution in [0.3, 0.4) is 0 Å².